The standard InChI is InChI=1S/C20H21BrN2O4S2/c21-16-10-14-5-7-23(20(25)13-3-4-13)17(14)11-18(16)29(26,27)9-6-19(24)22-12-15-2-1-8-28-15/h1-2,8,10-11,13H,3-7,9,12H2,(H,22,24). The van der Waals surface area contributed by atoms with E-state index in [-0.39, 0.29) is 34.8 Å². The number of hydrogen-bond acceptors (Lipinski definition) is 5. The van der Waals surface area contributed by atoms with Crippen LogP contribution in [0.2, 0.25) is 0 Å². The Labute approximate surface area is 182 Å². The molecule has 1 aliphatic carbocycles. The highest BCUT2D eigenvalue weighted by Gasteiger charge is 2.37. The van der Waals surface area contributed by atoms with Crippen LogP contribution in [-0.2, 0) is 32.4 Å². The molecule has 154 valence electrons. The van der Waals surface area contributed by atoms with Gasteiger partial charge in [-0.2, -0.15) is 0 Å². The van der Waals surface area contributed by atoms with Gasteiger partial charge in [0.05, 0.1) is 17.2 Å². The number of carbonyl (C=O) groups is 2. The fourth-order valence-electron chi connectivity index (χ4n) is 3.43. The van der Waals surface area contributed by atoms with Crippen molar-refractivity contribution >= 4 is 54.6 Å². The minimum Gasteiger partial charge on any atom is -0.351 e. The summed E-state index contributed by atoms with van der Waals surface area (Å²) in [5, 5.41) is 4.67. The molecule has 4 rings (SSSR count). The Morgan fingerprint density at radius 3 is 2.76 bits per heavy atom. The van der Waals surface area contributed by atoms with E-state index in [1.807, 2.05) is 17.5 Å². The summed E-state index contributed by atoms with van der Waals surface area (Å²) in [7, 11) is -3.68. The van der Waals surface area contributed by atoms with Crippen molar-refractivity contribution in [3.05, 3.63) is 44.6 Å². The number of carbonyl (C=O) groups excluding carboxylic acids is 2. The molecule has 1 aromatic heterocycles. The first kappa shape index (κ1) is 20.6. The second-order valence-corrected chi connectivity index (χ2v) is 11.3. The van der Waals surface area contributed by atoms with Gasteiger partial charge in [-0.1, -0.05) is 6.07 Å². The SMILES string of the molecule is O=C(CCS(=O)(=O)c1cc2c(cc1Br)CCN2C(=O)C1CC1)NCc1cccs1. The summed E-state index contributed by atoms with van der Waals surface area (Å²) in [4.78, 5) is 27.5. The van der Waals surface area contributed by atoms with Crippen molar-refractivity contribution in [3.63, 3.8) is 0 Å². The van der Waals surface area contributed by atoms with Crippen LogP contribution < -0.4 is 10.2 Å². The lowest BCUT2D eigenvalue weighted by Gasteiger charge is -2.18. The Morgan fingerprint density at radius 1 is 1.28 bits per heavy atom. The number of halogens is 1. The third-order valence-electron chi connectivity index (χ3n) is 5.19. The highest BCUT2D eigenvalue weighted by atomic mass is 79.9. The van der Waals surface area contributed by atoms with Crippen LogP contribution in [0.4, 0.5) is 5.69 Å². The molecule has 2 heterocycles. The van der Waals surface area contributed by atoms with E-state index in [1.165, 1.54) is 11.3 Å². The molecule has 2 aromatic rings. The quantitative estimate of drug-likeness (QED) is 0.637. The van der Waals surface area contributed by atoms with Gasteiger partial charge < -0.3 is 10.2 Å². The van der Waals surface area contributed by atoms with Crippen molar-refractivity contribution in [3.8, 4) is 0 Å². The second kappa shape index (κ2) is 8.20. The summed E-state index contributed by atoms with van der Waals surface area (Å²) in [6.07, 6.45) is 2.43. The van der Waals surface area contributed by atoms with E-state index in [0.717, 1.165) is 29.7 Å². The lowest BCUT2D eigenvalue weighted by atomic mass is 10.2. The van der Waals surface area contributed by atoms with Crippen LogP contribution in [0.5, 0.6) is 0 Å². The molecule has 0 radical (unpaired) electrons. The van der Waals surface area contributed by atoms with E-state index in [9.17, 15) is 18.0 Å². The van der Waals surface area contributed by atoms with E-state index in [2.05, 4.69) is 21.2 Å². The third-order valence-corrected chi connectivity index (χ3v) is 8.74. The van der Waals surface area contributed by atoms with Crippen LogP contribution in [0.25, 0.3) is 0 Å². The largest absolute Gasteiger partial charge is 0.351 e. The summed E-state index contributed by atoms with van der Waals surface area (Å²) in [6.45, 7) is 0.989. The van der Waals surface area contributed by atoms with Gasteiger partial charge in [0.2, 0.25) is 11.8 Å². The molecule has 0 unspecified atom stereocenters. The molecule has 2 aliphatic rings. The van der Waals surface area contributed by atoms with Crippen LogP contribution in [0.1, 0.15) is 29.7 Å². The molecule has 0 spiro atoms. The lowest BCUT2D eigenvalue weighted by Crippen LogP contribution is -2.30. The van der Waals surface area contributed by atoms with Gasteiger partial charge in [0.15, 0.2) is 9.84 Å². The predicted octanol–water partition coefficient (Wildman–Crippen LogP) is 3.29. The molecule has 9 heteroatoms. The molecule has 1 aliphatic heterocycles. The van der Waals surface area contributed by atoms with Gasteiger partial charge in [0.25, 0.3) is 0 Å². The zero-order valence-corrected chi connectivity index (χ0v) is 18.9. The fraction of sp³-hybridized carbons (Fsp3) is 0.400. The molecule has 1 saturated carbocycles. The number of rotatable bonds is 7. The number of nitrogens with one attached hydrogen (secondary N) is 1. The fourth-order valence-corrected chi connectivity index (χ4v) is 6.53. The summed E-state index contributed by atoms with van der Waals surface area (Å²) in [6, 6.07) is 7.20. The highest BCUT2D eigenvalue weighted by molar-refractivity contribution is 9.10. The van der Waals surface area contributed by atoms with Gasteiger partial charge in [-0.15, -0.1) is 11.3 Å². The van der Waals surface area contributed by atoms with E-state index in [0.29, 0.717) is 23.2 Å². The van der Waals surface area contributed by atoms with Crippen LogP contribution >= 0.6 is 27.3 Å². The first-order valence-electron chi connectivity index (χ1n) is 9.51. The molecule has 0 bridgehead atoms. The Morgan fingerprint density at radius 2 is 2.07 bits per heavy atom. The van der Waals surface area contributed by atoms with Crippen molar-refractivity contribution in [2.45, 2.75) is 37.1 Å². The van der Waals surface area contributed by atoms with Crippen molar-refractivity contribution < 1.29 is 18.0 Å². The van der Waals surface area contributed by atoms with Crippen molar-refractivity contribution in [1.82, 2.24) is 5.32 Å². The topological polar surface area (TPSA) is 83.6 Å². The van der Waals surface area contributed by atoms with Crippen LogP contribution in [0.3, 0.4) is 0 Å². The minimum atomic E-state index is -3.68. The van der Waals surface area contributed by atoms with Crippen molar-refractivity contribution in [1.29, 1.82) is 0 Å². The van der Waals surface area contributed by atoms with Gasteiger partial charge in [-0.3, -0.25) is 9.59 Å². The van der Waals surface area contributed by atoms with E-state index < -0.39 is 9.84 Å². The molecule has 0 saturated heterocycles. The highest BCUT2D eigenvalue weighted by Crippen LogP contribution is 2.39. The van der Waals surface area contributed by atoms with E-state index in [1.54, 1.807) is 17.0 Å². The predicted molar refractivity (Wildman–Crippen MR) is 116 cm³/mol. The summed E-state index contributed by atoms with van der Waals surface area (Å²) in [5.41, 5.74) is 1.66. The van der Waals surface area contributed by atoms with E-state index >= 15 is 0 Å². The number of nitrogens with zero attached hydrogens (tertiary/aromatic N) is 1. The molecule has 0 atom stereocenters. The average Bonchev–Trinajstić information content (AvgIpc) is 3.25. The average molecular weight is 497 g/mol. The number of hydrogen-bond donors (Lipinski definition) is 1. The molecule has 1 N–H and O–H groups in total. The van der Waals surface area contributed by atoms with E-state index in [4.69, 9.17) is 0 Å². The zero-order valence-electron chi connectivity index (χ0n) is 15.7. The number of fused-ring (bicyclic) bond motifs is 1. The van der Waals surface area contributed by atoms with Crippen molar-refractivity contribution in [2.24, 2.45) is 5.92 Å². The Balaban J connectivity index is 1.46. The van der Waals surface area contributed by atoms with Crippen LogP contribution in [-0.4, -0.2) is 32.5 Å². The van der Waals surface area contributed by atoms with Gasteiger partial charge in [-0.05, 0) is 64.3 Å². The molecule has 29 heavy (non-hydrogen) atoms. The molecule has 6 nitrogen and oxygen atoms in total. The normalized spacial score (nSPS) is 16.0. The minimum absolute atomic E-state index is 0.0803. The lowest BCUT2D eigenvalue weighted by molar-refractivity contribution is -0.121. The number of anilines is 1. The van der Waals surface area contributed by atoms with Gasteiger partial charge in [0, 0.05) is 33.9 Å². The number of sulfone groups is 1. The third kappa shape index (κ3) is 4.57. The monoisotopic (exact) mass is 496 g/mol. The summed E-state index contributed by atoms with van der Waals surface area (Å²) in [5.74, 6) is -0.416. The smallest absolute Gasteiger partial charge is 0.230 e. The van der Waals surface area contributed by atoms with Crippen LogP contribution in [0.15, 0.2) is 39.0 Å². The number of thiophene rings is 1. The van der Waals surface area contributed by atoms with Crippen LogP contribution in [0, 0.1) is 5.92 Å². The Bertz CT molecular complexity index is 1050. The maximum absolute atomic E-state index is 12.9. The molecular formula is C20H21BrN2O4S2. The molecular weight excluding hydrogens is 476 g/mol. The zero-order chi connectivity index (χ0) is 20.6. The first-order valence-corrected chi connectivity index (χ1v) is 12.8. The van der Waals surface area contributed by atoms with Gasteiger partial charge in [-0.25, -0.2) is 8.42 Å². The number of amides is 2. The molecule has 1 aromatic carbocycles. The maximum atomic E-state index is 12.9. The Hall–Kier alpha value is -1.71. The number of benzene rings is 1. The summed E-state index contributed by atoms with van der Waals surface area (Å²) >= 11 is 4.90. The van der Waals surface area contributed by atoms with Crippen molar-refractivity contribution in [2.75, 3.05) is 17.2 Å². The molecule has 1 fully saturated rings. The second-order valence-electron chi connectivity index (χ2n) is 7.35. The first-order chi connectivity index (χ1) is 13.8. The Kier molecular flexibility index (Phi) is 5.81. The molecule has 2 amide bonds. The van der Waals surface area contributed by atoms with Gasteiger partial charge >= 0.3 is 0 Å². The summed E-state index contributed by atoms with van der Waals surface area (Å²) < 4.78 is 26.3. The van der Waals surface area contributed by atoms with Gasteiger partial charge in [0.1, 0.15) is 0 Å². The maximum Gasteiger partial charge on any atom is 0.230 e.